The third-order valence-corrected chi connectivity index (χ3v) is 4.93. The molecule has 0 unspecified atom stereocenters. The van der Waals surface area contributed by atoms with E-state index in [1.54, 1.807) is 0 Å². The summed E-state index contributed by atoms with van der Waals surface area (Å²) < 4.78 is 32.6. The first-order chi connectivity index (χ1) is 9.83. The largest absolute Gasteiger partial charge is 0.495 e. The fourth-order valence-corrected chi connectivity index (χ4v) is 3.82. The van der Waals surface area contributed by atoms with Gasteiger partial charge in [-0.05, 0) is 50.1 Å². The van der Waals surface area contributed by atoms with Crippen molar-refractivity contribution < 1.29 is 13.2 Å². The second-order valence-electron chi connectivity index (χ2n) is 3.73. The highest BCUT2D eigenvalue weighted by molar-refractivity contribution is 9.11. The number of halogens is 3. The molecule has 0 bridgehead atoms. The molecule has 2 rings (SSSR count). The van der Waals surface area contributed by atoms with Crippen molar-refractivity contribution in [3.63, 3.8) is 0 Å². The van der Waals surface area contributed by atoms with E-state index in [9.17, 15) is 8.42 Å². The van der Waals surface area contributed by atoms with Crippen molar-refractivity contribution in [2.24, 2.45) is 0 Å². The molecule has 0 saturated carbocycles. The molecule has 0 saturated heterocycles. The lowest BCUT2D eigenvalue weighted by Crippen LogP contribution is -2.14. The highest BCUT2D eigenvalue weighted by atomic mass is 79.9. The minimum Gasteiger partial charge on any atom is -0.495 e. The Morgan fingerprint density at radius 1 is 1.33 bits per heavy atom. The van der Waals surface area contributed by atoms with Gasteiger partial charge in [-0.2, -0.15) is 0 Å². The average Bonchev–Trinajstić information content (AvgIpc) is 2.42. The number of methoxy groups -OCH3 is 1. The normalized spacial score (nSPS) is 11.2. The van der Waals surface area contributed by atoms with Crippen LogP contribution >= 0.6 is 43.5 Å². The van der Waals surface area contributed by atoms with Gasteiger partial charge in [0.15, 0.2) is 10.4 Å². The molecule has 0 atom stereocenters. The van der Waals surface area contributed by atoms with Crippen molar-refractivity contribution in [2.45, 2.75) is 4.90 Å². The van der Waals surface area contributed by atoms with E-state index in [0.717, 1.165) is 0 Å². The molecule has 1 aromatic heterocycles. The van der Waals surface area contributed by atoms with Crippen LogP contribution in [0.4, 0.5) is 5.82 Å². The summed E-state index contributed by atoms with van der Waals surface area (Å²) in [6.45, 7) is 0. The molecular formula is C11H8Br2ClN3O3S. The predicted molar refractivity (Wildman–Crippen MR) is 86.2 cm³/mol. The topological polar surface area (TPSA) is 81.2 Å². The summed E-state index contributed by atoms with van der Waals surface area (Å²) in [7, 11) is -2.39. The molecule has 0 fully saturated rings. The first-order valence-corrected chi connectivity index (χ1v) is 8.82. The van der Waals surface area contributed by atoms with Crippen molar-refractivity contribution >= 4 is 59.3 Å². The molecule has 6 nitrogen and oxygen atoms in total. The first-order valence-electron chi connectivity index (χ1n) is 5.38. The highest BCUT2D eigenvalue weighted by Crippen LogP contribution is 2.28. The van der Waals surface area contributed by atoms with Crippen molar-refractivity contribution in [1.82, 2.24) is 9.97 Å². The van der Waals surface area contributed by atoms with E-state index < -0.39 is 10.0 Å². The molecule has 1 N–H and O–H groups in total. The van der Waals surface area contributed by atoms with Gasteiger partial charge < -0.3 is 4.74 Å². The van der Waals surface area contributed by atoms with Crippen LogP contribution in [0.5, 0.6) is 5.75 Å². The van der Waals surface area contributed by atoms with E-state index in [-0.39, 0.29) is 20.3 Å². The van der Waals surface area contributed by atoms with Gasteiger partial charge in [-0.25, -0.2) is 18.4 Å². The molecule has 0 aliphatic carbocycles. The summed E-state index contributed by atoms with van der Waals surface area (Å²) in [6, 6.07) is 4.15. The zero-order chi connectivity index (χ0) is 15.6. The Balaban J connectivity index is 2.36. The second kappa shape index (κ2) is 6.47. The van der Waals surface area contributed by atoms with Crippen molar-refractivity contribution in [2.75, 3.05) is 11.8 Å². The van der Waals surface area contributed by atoms with Crippen LogP contribution in [0.15, 0.2) is 38.5 Å². The minimum atomic E-state index is -3.83. The first kappa shape index (κ1) is 16.5. The fraction of sp³-hybridized carbons (Fsp3) is 0.0909. The van der Waals surface area contributed by atoms with Gasteiger partial charge in [-0.15, -0.1) is 0 Å². The predicted octanol–water partition coefficient (Wildman–Crippen LogP) is 3.46. The smallest absolute Gasteiger partial charge is 0.263 e. The zero-order valence-corrected chi connectivity index (χ0v) is 15.2. The van der Waals surface area contributed by atoms with Gasteiger partial charge in [0, 0.05) is 0 Å². The number of hydrogen-bond donors (Lipinski definition) is 1. The molecule has 10 heteroatoms. The van der Waals surface area contributed by atoms with Gasteiger partial charge in [-0.1, -0.05) is 11.6 Å². The minimum absolute atomic E-state index is 0.00933. The molecule has 112 valence electrons. The van der Waals surface area contributed by atoms with Gasteiger partial charge in [0.1, 0.15) is 10.4 Å². The Bertz CT molecular complexity index is 786. The number of sulfonamides is 1. The molecule has 0 aliphatic rings. The maximum absolute atomic E-state index is 12.3. The second-order valence-corrected chi connectivity index (χ2v) is 7.39. The van der Waals surface area contributed by atoms with Crippen molar-refractivity contribution in [3.05, 3.63) is 38.6 Å². The Labute approximate surface area is 143 Å². The number of ether oxygens (including phenoxy) is 1. The number of nitrogens with zero attached hydrogens (tertiary/aromatic N) is 2. The number of rotatable bonds is 4. The maximum Gasteiger partial charge on any atom is 0.263 e. The Kier molecular flexibility index (Phi) is 5.07. The van der Waals surface area contributed by atoms with E-state index in [0.29, 0.717) is 10.4 Å². The third-order valence-electron chi connectivity index (χ3n) is 2.37. The van der Waals surface area contributed by atoms with Gasteiger partial charge in [0.25, 0.3) is 10.0 Å². The molecule has 2 aromatic rings. The lowest BCUT2D eigenvalue weighted by Gasteiger charge is -2.10. The summed E-state index contributed by atoms with van der Waals surface area (Å²) in [6.07, 6.45) is 1.38. The van der Waals surface area contributed by atoms with Crippen LogP contribution in [0.1, 0.15) is 0 Å². The van der Waals surface area contributed by atoms with Gasteiger partial charge >= 0.3 is 0 Å². The molecule has 21 heavy (non-hydrogen) atoms. The van der Waals surface area contributed by atoms with Crippen LogP contribution in [0, 0.1) is 0 Å². The fourth-order valence-electron chi connectivity index (χ4n) is 1.42. The summed E-state index contributed by atoms with van der Waals surface area (Å²) in [5.41, 5.74) is 0. The van der Waals surface area contributed by atoms with E-state index in [4.69, 9.17) is 16.3 Å². The molecule has 0 radical (unpaired) electrons. The highest BCUT2D eigenvalue weighted by Gasteiger charge is 2.18. The number of anilines is 1. The monoisotopic (exact) mass is 455 g/mol. The van der Waals surface area contributed by atoms with Crippen LogP contribution < -0.4 is 9.46 Å². The van der Waals surface area contributed by atoms with Crippen LogP contribution in [0.25, 0.3) is 0 Å². The van der Waals surface area contributed by atoms with Crippen molar-refractivity contribution in [1.29, 1.82) is 0 Å². The molecular weight excluding hydrogens is 449 g/mol. The average molecular weight is 458 g/mol. The lowest BCUT2D eigenvalue weighted by atomic mass is 10.3. The standard InChI is InChI=1S/C11H8Br2ClN3O3S/c1-20-8-3-2-6(4-7(8)14)21(18,19)17-11-10(13)16-9(12)5-15-11/h2-5H,1H3,(H,15,17). The molecule has 0 aliphatic heterocycles. The van der Waals surface area contributed by atoms with Crippen LogP contribution in [-0.4, -0.2) is 25.5 Å². The quantitative estimate of drug-likeness (QED) is 0.761. The van der Waals surface area contributed by atoms with E-state index in [2.05, 4.69) is 46.5 Å². The van der Waals surface area contributed by atoms with Crippen LogP contribution in [-0.2, 0) is 10.0 Å². The number of aromatic nitrogens is 2. The Hall–Kier alpha value is -0.900. The van der Waals surface area contributed by atoms with Crippen LogP contribution in [0.3, 0.4) is 0 Å². The van der Waals surface area contributed by atoms with E-state index >= 15 is 0 Å². The summed E-state index contributed by atoms with van der Waals surface area (Å²) in [5.74, 6) is 0.463. The van der Waals surface area contributed by atoms with Gasteiger partial charge in [0.05, 0.1) is 23.2 Å². The Morgan fingerprint density at radius 2 is 2.05 bits per heavy atom. The lowest BCUT2D eigenvalue weighted by molar-refractivity contribution is 0.414. The summed E-state index contributed by atoms with van der Waals surface area (Å²) >= 11 is 12.2. The Morgan fingerprint density at radius 3 is 2.62 bits per heavy atom. The van der Waals surface area contributed by atoms with Crippen molar-refractivity contribution in [3.8, 4) is 5.75 Å². The summed E-state index contributed by atoms with van der Waals surface area (Å²) in [4.78, 5) is 7.93. The molecule has 1 heterocycles. The number of benzene rings is 1. The van der Waals surface area contributed by atoms with E-state index in [1.165, 1.54) is 31.5 Å². The zero-order valence-electron chi connectivity index (χ0n) is 10.5. The molecule has 1 aromatic carbocycles. The molecule has 0 amide bonds. The van der Waals surface area contributed by atoms with Crippen LogP contribution in [0.2, 0.25) is 5.02 Å². The third kappa shape index (κ3) is 3.85. The number of hydrogen-bond acceptors (Lipinski definition) is 5. The molecule has 0 spiro atoms. The maximum atomic E-state index is 12.3. The van der Waals surface area contributed by atoms with E-state index in [1.807, 2.05) is 0 Å². The summed E-state index contributed by atoms with van der Waals surface area (Å²) in [5, 5.41) is 0.196. The van der Waals surface area contributed by atoms with Gasteiger partial charge in [-0.3, -0.25) is 4.72 Å². The number of nitrogens with one attached hydrogen (secondary N) is 1. The van der Waals surface area contributed by atoms with Gasteiger partial charge in [0.2, 0.25) is 0 Å². The SMILES string of the molecule is COc1ccc(S(=O)(=O)Nc2ncc(Br)nc2Br)cc1Cl.